The molecule has 134 valence electrons. The third-order valence-corrected chi connectivity index (χ3v) is 6.59. The summed E-state index contributed by atoms with van der Waals surface area (Å²) in [4.78, 5) is -0.0564. The molecule has 0 amide bonds. The Hall–Kier alpha value is -1.18. The van der Waals surface area contributed by atoms with Gasteiger partial charge in [-0.25, -0.2) is 17.5 Å². The predicted octanol–water partition coefficient (Wildman–Crippen LogP) is 2.99. The minimum absolute atomic E-state index is 0.0564. The molecule has 1 saturated heterocycles. The van der Waals surface area contributed by atoms with Gasteiger partial charge in [-0.05, 0) is 43.9 Å². The molecule has 2 aliphatic rings. The Morgan fingerprint density at radius 1 is 1.33 bits per heavy atom. The molecular formula is C17H24FNO4S. The molecule has 24 heavy (non-hydrogen) atoms. The van der Waals surface area contributed by atoms with Crippen molar-refractivity contribution in [3.05, 3.63) is 24.0 Å². The fraction of sp³-hybridized carbons (Fsp3) is 0.647. The predicted molar refractivity (Wildman–Crippen MR) is 88.1 cm³/mol. The largest absolute Gasteiger partial charge is 0.487 e. The van der Waals surface area contributed by atoms with E-state index in [1.807, 2.05) is 6.92 Å². The summed E-state index contributed by atoms with van der Waals surface area (Å²) in [5, 5.41) is 0. The molecule has 1 aliphatic carbocycles. The zero-order valence-corrected chi connectivity index (χ0v) is 14.7. The summed E-state index contributed by atoms with van der Waals surface area (Å²) >= 11 is 0. The third kappa shape index (κ3) is 3.73. The molecule has 1 aromatic rings. The van der Waals surface area contributed by atoms with Crippen LogP contribution in [0.4, 0.5) is 4.39 Å². The highest BCUT2D eigenvalue weighted by Gasteiger charge is 2.39. The first-order valence-corrected chi connectivity index (χ1v) is 10.0. The van der Waals surface area contributed by atoms with Crippen LogP contribution in [0.1, 0.15) is 45.4 Å². The Morgan fingerprint density at radius 3 is 2.58 bits per heavy atom. The minimum atomic E-state index is -3.73. The molecule has 5 nitrogen and oxygen atoms in total. The van der Waals surface area contributed by atoms with Crippen LogP contribution in [0.5, 0.6) is 5.75 Å². The van der Waals surface area contributed by atoms with Crippen molar-refractivity contribution in [1.82, 2.24) is 4.72 Å². The quantitative estimate of drug-likeness (QED) is 0.850. The van der Waals surface area contributed by atoms with Crippen LogP contribution in [-0.4, -0.2) is 33.3 Å². The highest BCUT2D eigenvalue weighted by molar-refractivity contribution is 7.89. The van der Waals surface area contributed by atoms with E-state index in [0.717, 1.165) is 31.7 Å². The first-order valence-electron chi connectivity index (χ1n) is 8.52. The number of ether oxygens (including phenoxy) is 2. The zero-order valence-electron chi connectivity index (χ0n) is 13.9. The lowest BCUT2D eigenvalue weighted by Gasteiger charge is -2.41. The van der Waals surface area contributed by atoms with Gasteiger partial charge in [0.05, 0.1) is 18.1 Å². The molecular weight excluding hydrogens is 333 g/mol. The number of rotatable bonds is 6. The zero-order chi connectivity index (χ0) is 17.2. The molecule has 2 fully saturated rings. The van der Waals surface area contributed by atoms with Crippen LogP contribution in [0.3, 0.4) is 0 Å². The average molecular weight is 357 g/mol. The number of hydrogen-bond donors (Lipinski definition) is 1. The smallest absolute Gasteiger partial charge is 0.241 e. The lowest BCUT2D eigenvalue weighted by atomic mass is 9.76. The van der Waals surface area contributed by atoms with E-state index in [2.05, 4.69) is 4.72 Å². The lowest BCUT2D eigenvalue weighted by Crippen LogP contribution is -2.52. The van der Waals surface area contributed by atoms with Crippen molar-refractivity contribution in [3.63, 3.8) is 0 Å². The number of sulfonamides is 1. The van der Waals surface area contributed by atoms with Crippen LogP contribution in [0.25, 0.3) is 0 Å². The van der Waals surface area contributed by atoms with Gasteiger partial charge in [0.1, 0.15) is 6.10 Å². The number of hydrogen-bond acceptors (Lipinski definition) is 4. The second-order valence-corrected chi connectivity index (χ2v) is 8.30. The maximum atomic E-state index is 14.3. The molecule has 7 heteroatoms. The van der Waals surface area contributed by atoms with Crippen LogP contribution < -0.4 is 9.46 Å². The van der Waals surface area contributed by atoms with Crippen LogP contribution in [0.15, 0.2) is 23.1 Å². The highest BCUT2D eigenvalue weighted by Crippen LogP contribution is 2.36. The van der Waals surface area contributed by atoms with Gasteiger partial charge in [0.2, 0.25) is 10.0 Å². The maximum absolute atomic E-state index is 14.3. The van der Waals surface area contributed by atoms with E-state index in [4.69, 9.17) is 9.47 Å². The first-order chi connectivity index (χ1) is 11.4. The van der Waals surface area contributed by atoms with E-state index in [1.165, 1.54) is 12.1 Å². The summed E-state index contributed by atoms with van der Waals surface area (Å²) in [7, 11) is -3.73. The van der Waals surface area contributed by atoms with Crippen molar-refractivity contribution in [2.24, 2.45) is 0 Å². The summed E-state index contributed by atoms with van der Waals surface area (Å²) in [5.41, 5.74) is -0.368. The van der Waals surface area contributed by atoms with Crippen LogP contribution in [0, 0.1) is 5.82 Å². The van der Waals surface area contributed by atoms with Gasteiger partial charge in [-0.2, -0.15) is 0 Å². The Bertz CT molecular complexity index is 676. The minimum Gasteiger partial charge on any atom is -0.487 e. The molecule has 1 heterocycles. The fourth-order valence-corrected chi connectivity index (χ4v) is 4.74. The van der Waals surface area contributed by atoms with Crippen molar-refractivity contribution < 1.29 is 22.3 Å². The van der Waals surface area contributed by atoms with Crippen LogP contribution >= 0.6 is 0 Å². The van der Waals surface area contributed by atoms with Gasteiger partial charge in [0.15, 0.2) is 11.6 Å². The van der Waals surface area contributed by atoms with Crippen LogP contribution in [-0.2, 0) is 14.8 Å². The van der Waals surface area contributed by atoms with Gasteiger partial charge in [-0.15, -0.1) is 0 Å². The van der Waals surface area contributed by atoms with Crippen molar-refractivity contribution >= 4 is 10.0 Å². The molecule has 3 rings (SSSR count). The van der Waals surface area contributed by atoms with E-state index in [-0.39, 0.29) is 22.3 Å². The lowest BCUT2D eigenvalue weighted by molar-refractivity contribution is 0.0240. The number of halogens is 1. The number of nitrogens with one attached hydrogen (secondary N) is 1. The van der Waals surface area contributed by atoms with Gasteiger partial charge in [-0.3, -0.25) is 0 Å². The fourth-order valence-electron chi connectivity index (χ4n) is 3.19. The van der Waals surface area contributed by atoms with Crippen molar-refractivity contribution in [3.8, 4) is 5.75 Å². The highest BCUT2D eigenvalue weighted by atomic mass is 32.2. The van der Waals surface area contributed by atoms with Crippen LogP contribution in [0.2, 0.25) is 0 Å². The molecule has 0 unspecified atom stereocenters. The van der Waals surface area contributed by atoms with Crippen molar-refractivity contribution in [1.29, 1.82) is 0 Å². The van der Waals surface area contributed by atoms with E-state index in [0.29, 0.717) is 26.1 Å². The molecule has 1 aromatic carbocycles. The summed E-state index contributed by atoms with van der Waals surface area (Å²) in [6, 6.07) is 3.85. The standard InChI is InChI=1S/C17H24FNO4S/c1-2-17(8-3-9-17)19-24(20,21)14-4-5-16(15(18)12-14)23-13-6-10-22-11-7-13/h4-5,12-13,19H,2-3,6-11H2,1H3. The van der Waals surface area contributed by atoms with Gasteiger partial charge >= 0.3 is 0 Å². The third-order valence-electron chi connectivity index (χ3n) is 5.01. The maximum Gasteiger partial charge on any atom is 0.241 e. The molecule has 0 atom stereocenters. The number of benzene rings is 1. The Kier molecular flexibility index (Phi) is 5.13. The molecule has 0 radical (unpaired) electrons. The monoisotopic (exact) mass is 357 g/mol. The second-order valence-electron chi connectivity index (χ2n) is 6.61. The molecule has 1 saturated carbocycles. The topological polar surface area (TPSA) is 64.6 Å². The van der Waals surface area contributed by atoms with E-state index in [9.17, 15) is 12.8 Å². The van der Waals surface area contributed by atoms with E-state index >= 15 is 0 Å². The van der Waals surface area contributed by atoms with Crippen molar-refractivity contribution in [2.45, 2.75) is 62.0 Å². The normalized spacial score (nSPS) is 21.2. The van der Waals surface area contributed by atoms with Gasteiger partial charge in [0.25, 0.3) is 0 Å². The van der Waals surface area contributed by atoms with E-state index in [1.54, 1.807) is 0 Å². The van der Waals surface area contributed by atoms with E-state index < -0.39 is 15.8 Å². The molecule has 0 bridgehead atoms. The SMILES string of the molecule is CCC1(NS(=O)(=O)c2ccc(OC3CCOCC3)c(F)c2)CCC1. The van der Waals surface area contributed by atoms with Gasteiger partial charge < -0.3 is 9.47 Å². The summed E-state index contributed by atoms with van der Waals surface area (Å²) in [6.07, 6.45) is 4.74. The summed E-state index contributed by atoms with van der Waals surface area (Å²) in [6.45, 7) is 3.16. The molecule has 0 aromatic heterocycles. The van der Waals surface area contributed by atoms with Gasteiger partial charge in [-0.1, -0.05) is 6.92 Å². The Labute approximate surface area is 142 Å². The Morgan fingerprint density at radius 2 is 2.04 bits per heavy atom. The average Bonchev–Trinajstić information content (AvgIpc) is 2.54. The molecule has 1 aliphatic heterocycles. The molecule has 0 spiro atoms. The second kappa shape index (κ2) is 6.98. The molecule has 1 N–H and O–H groups in total. The first kappa shape index (κ1) is 17.6. The summed E-state index contributed by atoms with van der Waals surface area (Å²) < 4.78 is 53.0. The van der Waals surface area contributed by atoms with Crippen molar-refractivity contribution in [2.75, 3.05) is 13.2 Å². The summed E-state index contributed by atoms with van der Waals surface area (Å²) in [5.74, 6) is -0.557. The Balaban J connectivity index is 1.73. The van der Waals surface area contributed by atoms with Gasteiger partial charge in [0, 0.05) is 18.4 Å².